The molecule has 19 heavy (non-hydrogen) atoms. The minimum Gasteiger partial charge on any atom is -0.377 e. The SMILES string of the molecule is CC(C)OCCN.CCC(C)N1CCN(CC)CC1. The first-order valence-electron chi connectivity index (χ1n) is 7.83. The molecule has 0 bridgehead atoms. The normalized spacial score (nSPS) is 19.1. The molecule has 116 valence electrons. The minimum atomic E-state index is 0.323. The molecular formula is C15H35N3O. The van der Waals surface area contributed by atoms with E-state index in [0.29, 0.717) is 19.3 Å². The first kappa shape index (κ1) is 18.8. The van der Waals surface area contributed by atoms with E-state index < -0.39 is 0 Å². The molecule has 4 heteroatoms. The minimum absolute atomic E-state index is 0.323. The summed E-state index contributed by atoms with van der Waals surface area (Å²) in [5.41, 5.74) is 5.15. The molecule has 0 spiro atoms. The quantitative estimate of drug-likeness (QED) is 0.801. The van der Waals surface area contributed by atoms with Gasteiger partial charge in [0.1, 0.15) is 0 Å². The van der Waals surface area contributed by atoms with Gasteiger partial charge in [-0.25, -0.2) is 0 Å². The average molecular weight is 273 g/mol. The van der Waals surface area contributed by atoms with Gasteiger partial charge in [-0.1, -0.05) is 13.8 Å². The molecule has 1 fully saturated rings. The van der Waals surface area contributed by atoms with Crippen molar-refractivity contribution in [3.8, 4) is 0 Å². The van der Waals surface area contributed by atoms with Gasteiger partial charge in [-0.05, 0) is 33.7 Å². The molecule has 0 radical (unpaired) electrons. The fourth-order valence-corrected chi connectivity index (χ4v) is 2.08. The van der Waals surface area contributed by atoms with E-state index in [-0.39, 0.29) is 0 Å². The largest absolute Gasteiger partial charge is 0.377 e. The first-order chi connectivity index (χ1) is 9.04. The van der Waals surface area contributed by atoms with Gasteiger partial charge in [0, 0.05) is 38.8 Å². The Morgan fingerprint density at radius 2 is 1.63 bits per heavy atom. The molecule has 1 saturated heterocycles. The van der Waals surface area contributed by atoms with Crippen molar-refractivity contribution in [2.75, 3.05) is 45.9 Å². The van der Waals surface area contributed by atoms with Gasteiger partial charge in [0.25, 0.3) is 0 Å². The Bertz CT molecular complexity index is 192. The van der Waals surface area contributed by atoms with Crippen molar-refractivity contribution in [1.29, 1.82) is 0 Å². The van der Waals surface area contributed by atoms with Crippen molar-refractivity contribution >= 4 is 0 Å². The van der Waals surface area contributed by atoms with Gasteiger partial charge >= 0.3 is 0 Å². The number of rotatable bonds is 6. The molecule has 0 saturated carbocycles. The van der Waals surface area contributed by atoms with E-state index in [2.05, 4.69) is 30.6 Å². The van der Waals surface area contributed by atoms with Gasteiger partial charge in [0.2, 0.25) is 0 Å². The van der Waals surface area contributed by atoms with Gasteiger partial charge in [-0.2, -0.15) is 0 Å². The Labute approximate surface area is 120 Å². The monoisotopic (exact) mass is 273 g/mol. The number of piperazine rings is 1. The second kappa shape index (κ2) is 11.6. The third kappa shape index (κ3) is 9.38. The number of ether oxygens (including phenoxy) is 1. The Kier molecular flexibility index (Phi) is 11.6. The van der Waals surface area contributed by atoms with Crippen LogP contribution in [-0.4, -0.2) is 67.8 Å². The van der Waals surface area contributed by atoms with Crippen LogP contribution in [0.25, 0.3) is 0 Å². The maximum atomic E-state index is 5.15. The zero-order valence-electron chi connectivity index (χ0n) is 13.7. The Morgan fingerprint density at radius 3 is 1.95 bits per heavy atom. The summed E-state index contributed by atoms with van der Waals surface area (Å²) in [6, 6.07) is 0.781. The summed E-state index contributed by atoms with van der Waals surface area (Å²) in [4.78, 5) is 5.13. The van der Waals surface area contributed by atoms with E-state index in [9.17, 15) is 0 Å². The third-order valence-corrected chi connectivity index (χ3v) is 3.64. The van der Waals surface area contributed by atoms with Crippen molar-refractivity contribution in [1.82, 2.24) is 9.80 Å². The van der Waals surface area contributed by atoms with Crippen LogP contribution in [0.15, 0.2) is 0 Å². The van der Waals surface area contributed by atoms with Crippen LogP contribution in [0.2, 0.25) is 0 Å². The van der Waals surface area contributed by atoms with E-state index in [1.165, 1.54) is 39.1 Å². The third-order valence-electron chi connectivity index (χ3n) is 3.64. The molecule has 0 aromatic heterocycles. The lowest BCUT2D eigenvalue weighted by Crippen LogP contribution is -2.49. The van der Waals surface area contributed by atoms with Crippen LogP contribution in [0.3, 0.4) is 0 Å². The second-order valence-electron chi connectivity index (χ2n) is 5.44. The van der Waals surface area contributed by atoms with Crippen LogP contribution < -0.4 is 5.73 Å². The van der Waals surface area contributed by atoms with Gasteiger partial charge in [-0.3, -0.25) is 4.90 Å². The molecule has 1 aliphatic rings. The maximum Gasteiger partial charge on any atom is 0.0592 e. The molecule has 0 aromatic carbocycles. The molecule has 0 aliphatic carbocycles. The Balaban J connectivity index is 0.000000399. The summed E-state index contributed by atoms with van der Waals surface area (Å²) in [5.74, 6) is 0. The van der Waals surface area contributed by atoms with Gasteiger partial charge < -0.3 is 15.4 Å². The second-order valence-corrected chi connectivity index (χ2v) is 5.44. The lowest BCUT2D eigenvalue weighted by atomic mass is 10.2. The van der Waals surface area contributed by atoms with Crippen molar-refractivity contribution in [3.05, 3.63) is 0 Å². The number of nitrogens with zero attached hydrogens (tertiary/aromatic N) is 2. The highest BCUT2D eigenvalue weighted by atomic mass is 16.5. The zero-order valence-corrected chi connectivity index (χ0v) is 13.7. The lowest BCUT2D eigenvalue weighted by molar-refractivity contribution is 0.0851. The van der Waals surface area contributed by atoms with Crippen LogP contribution in [-0.2, 0) is 4.74 Å². The zero-order chi connectivity index (χ0) is 14.7. The Morgan fingerprint density at radius 1 is 1.05 bits per heavy atom. The van der Waals surface area contributed by atoms with Crippen LogP contribution in [0.4, 0.5) is 0 Å². The van der Waals surface area contributed by atoms with E-state index in [0.717, 1.165) is 6.04 Å². The van der Waals surface area contributed by atoms with Crippen molar-refractivity contribution < 1.29 is 4.74 Å². The molecule has 1 rings (SSSR count). The first-order valence-corrected chi connectivity index (χ1v) is 7.83. The van der Waals surface area contributed by atoms with E-state index >= 15 is 0 Å². The molecule has 0 amide bonds. The predicted octanol–water partition coefficient (Wildman–Crippen LogP) is 1.79. The molecule has 2 N–H and O–H groups in total. The maximum absolute atomic E-state index is 5.15. The predicted molar refractivity (Wildman–Crippen MR) is 83.6 cm³/mol. The smallest absolute Gasteiger partial charge is 0.0592 e. The summed E-state index contributed by atoms with van der Waals surface area (Å²) in [7, 11) is 0. The fraction of sp³-hybridized carbons (Fsp3) is 1.00. The van der Waals surface area contributed by atoms with Crippen molar-refractivity contribution in [3.63, 3.8) is 0 Å². The molecule has 4 nitrogen and oxygen atoms in total. The van der Waals surface area contributed by atoms with E-state index in [1.807, 2.05) is 13.8 Å². The number of nitrogens with two attached hydrogens (primary N) is 1. The summed E-state index contributed by atoms with van der Waals surface area (Å²) < 4.78 is 5.07. The molecule has 0 aromatic rings. The van der Waals surface area contributed by atoms with Gasteiger partial charge in [0.15, 0.2) is 0 Å². The van der Waals surface area contributed by atoms with Crippen molar-refractivity contribution in [2.24, 2.45) is 5.73 Å². The molecule has 1 unspecified atom stereocenters. The summed E-state index contributed by atoms with van der Waals surface area (Å²) in [6.07, 6.45) is 1.61. The topological polar surface area (TPSA) is 41.7 Å². The Hall–Kier alpha value is -0.160. The van der Waals surface area contributed by atoms with Gasteiger partial charge in [0.05, 0.1) is 12.7 Å². The highest BCUT2D eigenvalue weighted by Gasteiger charge is 2.18. The summed E-state index contributed by atoms with van der Waals surface area (Å²) in [6.45, 7) is 18.4. The molecule has 1 atom stereocenters. The van der Waals surface area contributed by atoms with Gasteiger partial charge in [-0.15, -0.1) is 0 Å². The number of likely N-dealkylation sites (N-methyl/N-ethyl adjacent to an activating group) is 1. The summed E-state index contributed by atoms with van der Waals surface area (Å²) in [5, 5.41) is 0. The summed E-state index contributed by atoms with van der Waals surface area (Å²) >= 11 is 0. The van der Waals surface area contributed by atoms with Crippen LogP contribution in [0.5, 0.6) is 0 Å². The highest BCUT2D eigenvalue weighted by molar-refractivity contribution is 4.74. The number of hydrogen-bond acceptors (Lipinski definition) is 4. The van der Waals surface area contributed by atoms with E-state index in [4.69, 9.17) is 10.5 Å². The van der Waals surface area contributed by atoms with E-state index in [1.54, 1.807) is 0 Å². The lowest BCUT2D eigenvalue weighted by Gasteiger charge is -2.37. The standard InChI is InChI=1S/C10H22N2.C5H13NO/c1-4-10(3)12-8-6-11(5-2)7-9-12;1-5(2)7-4-3-6/h10H,4-9H2,1-3H3;5H,3-4,6H2,1-2H3. The molecule has 1 heterocycles. The van der Waals surface area contributed by atoms with Crippen LogP contribution in [0, 0.1) is 0 Å². The number of hydrogen-bond donors (Lipinski definition) is 1. The fourth-order valence-electron chi connectivity index (χ4n) is 2.08. The van der Waals surface area contributed by atoms with Crippen LogP contribution in [0.1, 0.15) is 41.0 Å². The average Bonchev–Trinajstić information content (AvgIpc) is 2.45. The molecular weight excluding hydrogens is 238 g/mol. The highest BCUT2D eigenvalue weighted by Crippen LogP contribution is 2.07. The van der Waals surface area contributed by atoms with Crippen LogP contribution >= 0.6 is 0 Å². The molecule has 1 aliphatic heterocycles. The van der Waals surface area contributed by atoms with Crippen molar-refractivity contribution in [2.45, 2.75) is 53.2 Å².